The molecule has 1 aliphatic rings. The van der Waals surface area contributed by atoms with Crippen molar-refractivity contribution in [3.05, 3.63) is 70.3 Å². The lowest BCUT2D eigenvalue weighted by Crippen LogP contribution is -2.25. The molecule has 0 unspecified atom stereocenters. The summed E-state index contributed by atoms with van der Waals surface area (Å²) in [5, 5.41) is 13.7. The predicted octanol–water partition coefficient (Wildman–Crippen LogP) is 3.06. The molecule has 2 aromatic rings. The van der Waals surface area contributed by atoms with Crippen molar-refractivity contribution in [2.24, 2.45) is 4.99 Å². The molecule has 116 valence electrons. The summed E-state index contributed by atoms with van der Waals surface area (Å²) in [4.78, 5) is 26.6. The molecule has 0 bridgehead atoms. The van der Waals surface area contributed by atoms with E-state index in [0.29, 0.717) is 17.3 Å². The Morgan fingerprint density at radius 2 is 1.96 bits per heavy atom. The van der Waals surface area contributed by atoms with Crippen LogP contribution in [0.25, 0.3) is 0 Å². The fourth-order valence-corrected chi connectivity index (χ4v) is 3.24. The SMILES string of the molecule is O=C1NC(=Nc2cccc([N+](=O)[O-])c2)S[C@H]1Cc1ccccc1. The fourth-order valence-electron chi connectivity index (χ4n) is 2.21. The van der Waals surface area contributed by atoms with E-state index in [0.717, 1.165) is 5.56 Å². The van der Waals surface area contributed by atoms with Crippen LogP contribution in [0.2, 0.25) is 0 Å². The third-order valence-corrected chi connectivity index (χ3v) is 4.39. The van der Waals surface area contributed by atoms with Crippen LogP contribution >= 0.6 is 11.8 Å². The van der Waals surface area contributed by atoms with Crippen LogP contribution in [-0.4, -0.2) is 21.2 Å². The van der Waals surface area contributed by atoms with E-state index in [1.165, 1.54) is 23.9 Å². The number of hydrogen-bond donors (Lipinski definition) is 1. The Labute approximate surface area is 136 Å². The summed E-state index contributed by atoms with van der Waals surface area (Å²) in [5.41, 5.74) is 1.50. The number of nitro benzene ring substituents is 1. The van der Waals surface area contributed by atoms with Crippen LogP contribution in [0.5, 0.6) is 0 Å². The van der Waals surface area contributed by atoms with E-state index in [-0.39, 0.29) is 16.8 Å². The quantitative estimate of drug-likeness (QED) is 0.691. The summed E-state index contributed by atoms with van der Waals surface area (Å²) in [6.45, 7) is 0. The Morgan fingerprint density at radius 3 is 2.70 bits per heavy atom. The lowest BCUT2D eigenvalue weighted by Gasteiger charge is -2.04. The molecule has 0 aromatic heterocycles. The summed E-state index contributed by atoms with van der Waals surface area (Å²) in [6, 6.07) is 15.8. The number of carbonyl (C=O) groups excluding carboxylic acids is 1. The maximum atomic E-state index is 12.0. The van der Waals surface area contributed by atoms with Crippen LogP contribution in [0.3, 0.4) is 0 Å². The molecule has 2 aromatic carbocycles. The summed E-state index contributed by atoms with van der Waals surface area (Å²) in [7, 11) is 0. The van der Waals surface area contributed by atoms with Gasteiger partial charge in [-0.3, -0.25) is 14.9 Å². The number of aliphatic imine (C=N–C) groups is 1. The van der Waals surface area contributed by atoms with E-state index < -0.39 is 4.92 Å². The number of carbonyl (C=O) groups is 1. The molecule has 0 aliphatic carbocycles. The summed E-state index contributed by atoms with van der Waals surface area (Å²) in [6.07, 6.45) is 0.616. The second-order valence-corrected chi connectivity index (χ2v) is 6.17. The number of amidine groups is 1. The smallest absolute Gasteiger partial charge is 0.271 e. The summed E-state index contributed by atoms with van der Waals surface area (Å²) >= 11 is 1.34. The van der Waals surface area contributed by atoms with Crippen molar-refractivity contribution in [1.82, 2.24) is 5.32 Å². The van der Waals surface area contributed by atoms with Crippen molar-refractivity contribution >= 4 is 34.2 Å². The monoisotopic (exact) mass is 327 g/mol. The predicted molar refractivity (Wildman–Crippen MR) is 89.9 cm³/mol. The molecule has 23 heavy (non-hydrogen) atoms. The van der Waals surface area contributed by atoms with Gasteiger partial charge in [0, 0.05) is 12.1 Å². The number of non-ortho nitro benzene ring substituents is 1. The first-order valence-corrected chi connectivity index (χ1v) is 7.84. The highest BCUT2D eigenvalue weighted by molar-refractivity contribution is 8.15. The fraction of sp³-hybridized carbons (Fsp3) is 0.125. The molecule has 1 atom stereocenters. The Hall–Kier alpha value is -2.67. The second-order valence-electron chi connectivity index (χ2n) is 4.98. The Bertz CT molecular complexity index is 777. The maximum absolute atomic E-state index is 12.0. The van der Waals surface area contributed by atoms with Crippen LogP contribution in [0, 0.1) is 10.1 Å². The number of amides is 1. The van der Waals surface area contributed by atoms with E-state index in [1.807, 2.05) is 30.3 Å². The van der Waals surface area contributed by atoms with Crippen LogP contribution in [0.15, 0.2) is 59.6 Å². The molecule has 1 amide bonds. The minimum absolute atomic E-state index is 0.0259. The summed E-state index contributed by atoms with van der Waals surface area (Å²) in [5.74, 6) is -0.0944. The van der Waals surface area contributed by atoms with Gasteiger partial charge in [-0.1, -0.05) is 48.2 Å². The van der Waals surface area contributed by atoms with E-state index >= 15 is 0 Å². The number of benzene rings is 2. The summed E-state index contributed by atoms with van der Waals surface area (Å²) < 4.78 is 0. The molecule has 3 rings (SSSR count). The first kappa shape index (κ1) is 15.2. The lowest BCUT2D eigenvalue weighted by atomic mass is 10.1. The van der Waals surface area contributed by atoms with E-state index in [9.17, 15) is 14.9 Å². The molecule has 1 aliphatic heterocycles. The molecule has 1 heterocycles. The molecule has 0 radical (unpaired) electrons. The van der Waals surface area contributed by atoms with Crippen molar-refractivity contribution in [1.29, 1.82) is 0 Å². The standard InChI is InChI=1S/C16H13N3O3S/c20-15-14(9-11-5-2-1-3-6-11)23-16(18-15)17-12-7-4-8-13(10-12)19(21)22/h1-8,10,14H,9H2,(H,17,18,20)/t14-/m0/s1. The van der Waals surface area contributed by atoms with Gasteiger partial charge < -0.3 is 5.32 Å². The van der Waals surface area contributed by atoms with Crippen molar-refractivity contribution in [3.63, 3.8) is 0 Å². The first-order chi connectivity index (χ1) is 11.1. The van der Waals surface area contributed by atoms with Gasteiger partial charge in [0.1, 0.15) is 0 Å². The van der Waals surface area contributed by atoms with Crippen molar-refractivity contribution in [2.75, 3.05) is 0 Å². The van der Waals surface area contributed by atoms with Gasteiger partial charge in [0.05, 0.1) is 15.9 Å². The zero-order valence-electron chi connectivity index (χ0n) is 12.0. The molecule has 1 N–H and O–H groups in total. The van der Waals surface area contributed by atoms with E-state index in [4.69, 9.17) is 0 Å². The van der Waals surface area contributed by atoms with Crippen LogP contribution in [-0.2, 0) is 11.2 Å². The number of nitro groups is 1. The minimum atomic E-state index is -0.470. The van der Waals surface area contributed by atoms with Crippen molar-refractivity contribution in [2.45, 2.75) is 11.7 Å². The largest absolute Gasteiger partial charge is 0.304 e. The highest BCUT2D eigenvalue weighted by atomic mass is 32.2. The molecule has 6 nitrogen and oxygen atoms in total. The third kappa shape index (κ3) is 3.75. The number of thioether (sulfide) groups is 1. The number of rotatable bonds is 4. The highest BCUT2D eigenvalue weighted by Crippen LogP contribution is 2.27. The average molecular weight is 327 g/mol. The van der Waals surface area contributed by atoms with Gasteiger partial charge in [-0.15, -0.1) is 0 Å². The molecule has 0 spiro atoms. The molecular formula is C16H13N3O3S. The topological polar surface area (TPSA) is 84.6 Å². The number of hydrogen-bond acceptors (Lipinski definition) is 5. The Morgan fingerprint density at radius 1 is 1.17 bits per heavy atom. The molecule has 1 fully saturated rings. The van der Waals surface area contributed by atoms with Gasteiger partial charge in [0.15, 0.2) is 5.17 Å². The lowest BCUT2D eigenvalue weighted by molar-refractivity contribution is -0.384. The molecule has 0 saturated carbocycles. The molecular weight excluding hydrogens is 314 g/mol. The van der Waals surface area contributed by atoms with Gasteiger partial charge in [-0.05, 0) is 18.1 Å². The second kappa shape index (κ2) is 6.62. The van der Waals surface area contributed by atoms with Crippen molar-refractivity contribution < 1.29 is 9.72 Å². The average Bonchev–Trinajstić information content (AvgIpc) is 2.88. The van der Waals surface area contributed by atoms with Gasteiger partial charge in [0.2, 0.25) is 5.91 Å². The van der Waals surface area contributed by atoms with Crippen LogP contribution < -0.4 is 5.32 Å². The van der Waals surface area contributed by atoms with Crippen LogP contribution in [0.4, 0.5) is 11.4 Å². The van der Waals surface area contributed by atoms with Gasteiger partial charge in [0.25, 0.3) is 5.69 Å². The highest BCUT2D eigenvalue weighted by Gasteiger charge is 2.30. The molecule has 7 heteroatoms. The van der Waals surface area contributed by atoms with E-state index in [1.54, 1.807) is 12.1 Å². The van der Waals surface area contributed by atoms with Gasteiger partial charge >= 0.3 is 0 Å². The molecule has 1 saturated heterocycles. The Balaban J connectivity index is 1.74. The van der Waals surface area contributed by atoms with E-state index in [2.05, 4.69) is 10.3 Å². The first-order valence-electron chi connectivity index (χ1n) is 6.96. The zero-order chi connectivity index (χ0) is 16.2. The van der Waals surface area contributed by atoms with Crippen LogP contribution in [0.1, 0.15) is 5.56 Å². The zero-order valence-corrected chi connectivity index (χ0v) is 12.8. The Kier molecular flexibility index (Phi) is 4.38. The third-order valence-electron chi connectivity index (χ3n) is 3.31. The number of nitrogens with one attached hydrogen (secondary N) is 1. The minimum Gasteiger partial charge on any atom is -0.304 e. The maximum Gasteiger partial charge on any atom is 0.271 e. The normalized spacial score (nSPS) is 18.9. The number of nitrogens with zero attached hydrogens (tertiary/aromatic N) is 2. The van der Waals surface area contributed by atoms with Gasteiger partial charge in [-0.25, -0.2) is 4.99 Å². The van der Waals surface area contributed by atoms with Gasteiger partial charge in [-0.2, -0.15) is 0 Å². The van der Waals surface area contributed by atoms with Crippen molar-refractivity contribution in [3.8, 4) is 0 Å².